The van der Waals surface area contributed by atoms with E-state index in [0.29, 0.717) is 25.3 Å². The molecule has 0 amide bonds. The molecule has 0 unspecified atom stereocenters. The van der Waals surface area contributed by atoms with Gasteiger partial charge in [0.05, 0.1) is 12.3 Å². The smallest absolute Gasteiger partial charge is 0.327 e. The molecule has 4 aromatic rings. The monoisotopic (exact) mass is 494 g/mol. The molecule has 0 saturated heterocycles. The van der Waals surface area contributed by atoms with Crippen molar-refractivity contribution in [1.82, 2.24) is 9.55 Å². The van der Waals surface area contributed by atoms with Crippen LogP contribution in [0.5, 0.6) is 5.75 Å². The van der Waals surface area contributed by atoms with Crippen LogP contribution in [0.25, 0.3) is 11.5 Å². The van der Waals surface area contributed by atoms with Crippen molar-refractivity contribution in [3.8, 4) is 17.2 Å². The summed E-state index contributed by atoms with van der Waals surface area (Å²) in [6.45, 7) is 2.38. The molecule has 0 aliphatic carbocycles. The van der Waals surface area contributed by atoms with Crippen LogP contribution >= 0.6 is 15.9 Å². The number of carbonyl (C=O) groups is 1. The number of nitrogens with zero attached hydrogens (tertiary/aromatic N) is 2. The first-order valence-corrected chi connectivity index (χ1v) is 11.1. The molecule has 164 valence electrons. The van der Waals surface area contributed by atoms with Gasteiger partial charge in [0.2, 0.25) is 5.89 Å². The van der Waals surface area contributed by atoms with Gasteiger partial charge >= 0.3 is 5.97 Å². The molecule has 4 rings (SSSR count). The fourth-order valence-electron chi connectivity index (χ4n) is 3.47. The van der Waals surface area contributed by atoms with Crippen LogP contribution in [0.2, 0.25) is 0 Å². The number of hydrogen-bond acceptors (Lipinski definition) is 4. The molecule has 0 saturated carbocycles. The maximum atomic E-state index is 11.7. The van der Waals surface area contributed by atoms with Crippen LogP contribution < -0.4 is 4.74 Å². The van der Waals surface area contributed by atoms with Gasteiger partial charge in [-0.05, 0) is 58.7 Å². The summed E-state index contributed by atoms with van der Waals surface area (Å²) < 4.78 is 14.2. The predicted molar refractivity (Wildman–Crippen MR) is 125 cm³/mol. The van der Waals surface area contributed by atoms with Crippen molar-refractivity contribution in [2.45, 2.75) is 25.8 Å². The Kier molecular flexibility index (Phi) is 6.75. The highest BCUT2D eigenvalue weighted by Crippen LogP contribution is 2.23. The lowest BCUT2D eigenvalue weighted by Crippen LogP contribution is -2.20. The number of hydrogen-bond donors (Lipinski definition) is 1. The maximum Gasteiger partial charge on any atom is 0.327 e. The Hall–Kier alpha value is -3.32. The molecule has 0 aliphatic heterocycles. The van der Waals surface area contributed by atoms with E-state index in [9.17, 15) is 9.90 Å². The summed E-state index contributed by atoms with van der Waals surface area (Å²) in [4.78, 5) is 16.3. The van der Waals surface area contributed by atoms with Gasteiger partial charge in [-0.25, -0.2) is 9.78 Å². The van der Waals surface area contributed by atoms with E-state index >= 15 is 0 Å². The summed E-state index contributed by atoms with van der Waals surface area (Å²) in [5, 5.41) is 9.60. The van der Waals surface area contributed by atoms with Gasteiger partial charge < -0.3 is 18.8 Å². The summed E-state index contributed by atoms with van der Waals surface area (Å²) >= 11 is 3.36. The molecule has 6 nitrogen and oxygen atoms in total. The summed E-state index contributed by atoms with van der Waals surface area (Å²) in [5.74, 6) is 1.27. The minimum atomic E-state index is -0.869. The molecule has 2 heterocycles. The first-order chi connectivity index (χ1) is 15.5. The minimum absolute atomic E-state index is 0.386. The Balaban J connectivity index is 1.33. The number of benzene rings is 2. The second-order valence-electron chi connectivity index (χ2n) is 7.47. The predicted octanol–water partition coefficient (Wildman–Crippen LogP) is 5.70. The third-order valence-corrected chi connectivity index (χ3v) is 5.67. The summed E-state index contributed by atoms with van der Waals surface area (Å²) in [6, 6.07) is 18.5. The van der Waals surface area contributed by atoms with Crippen LogP contribution in [0.15, 0.2) is 81.9 Å². The molecule has 0 radical (unpaired) electrons. The average Bonchev–Trinajstić information content (AvgIpc) is 3.39. The number of aliphatic carboxylic acids is 1. The zero-order chi connectivity index (χ0) is 22.5. The number of aromatic nitrogens is 2. The van der Waals surface area contributed by atoms with E-state index in [1.165, 1.54) is 0 Å². The van der Waals surface area contributed by atoms with Crippen LogP contribution in [0.4, 0.5) is 0 Å². The lowest BCUT2D eigenvalue weighted by atomic mass is 10.1. The van der Waals surface area contributed by atoms with Crippen LogP contribution in [0.3, 0.4) is 0 Å². The van der Waals surface area contributed by atoms with Crippen LogP contribution in [-0.2, 0) is 17.6 Å². The fourth-order valence-corrected chi connectivity index (χ4v) is 3.83. The Morgan fingerprint density at radius 2 is 1.91 bits per heavy atom. The topological polar surface area (TPSA) is 77.5 Å². The Bertz CT molecular complexity index is 1180. The molecule has 2 aromatic carbocycles. The zero-order valence-electron chi connectivity index (χ0n) is 17.6. The van der Waals surface area contributed by atoms with Crippen molar-refractivity contribution in [2.24, 2.45) is 0 Å². The Morgan fingerprint density at radius 1 is 1.16 bits per heavy atom. The maximum absolute atomic E-state index is 11.7. The van der Waals surface area contributed by atoms with Crippen LogP contribution in [0, 0.1) is 6.92 Å². The summed E-state index contributed by atoms with van der Waals surface area (Å²) in [7, 11) is 0. The number of ether oxygens (including phenoxy) is 1. The van der Waals surface area contributed by atoms with Crippen molar-refractivity contribution in [3.63, 3.8) is 0 Å². The standard InChI is InChI=1S/C25H23BrN2O4/c1-17-22(27-24(32-17)19-5-3-2-4-6-19)12-14-31-21-9-7-18(8-10-21)15-23(25(29)30)28-13-11-20(26)16-28/h2-11,13,16,23H,12,14-15H2,1H3,(H,29,30)/t23-/m0/s1. The third kappa shape index (κ3) is 5.29. The van der Waals surface area contributed by atoms with E-state index in [-0.39, 0.29) is 0 Å². The molecular formula is C25H23BrN2O4. The SMILES string of the molecule is Cc1oc(-c2ccccc2)nc1CCOc1ccc(C[C@@H](C(=O)O)n2ccc(Br)c2)cc1. The molecule has 7 heteroatoms. The van der Waals surface area contributed by atoms with Crippen molar-refractivity contribution < 1.29 is 19.1 Å². The minimum Gasteiger partial charge on any atom is -0.493 e. The lowest BCUT2D eigenvalue weighted by molar-refractivity contribution is -0.140. The number of carboxylic acid groups (broad SMARTS) is 1. The quantitative estimate of drug-likeness (QED) is 0.322. The summed E-state index contributed by atoms with van der Waals surface area (Å²) in [5.41, 5.74) is 2.75. The molecule has 0 aliphatic rings. The first kappa shape index (κ1) is 21.9. The molecule has 0 fully saturated rings. The highest BCUT2D eigenvalue weighted by Gasteiger charge is 2.19. The van der Waals surface area contributed by atoms with E-state index in [1.807, 2.05) is 67.6 Å². The second kappa shape index (κ2) is 9.87. The highest BCUT2D eigenvalue weighted by atomic mass is 79.9. The molecular weight excluding hydrogens is 472 g/mol. The van der Waals surface area contributed by atoms with Gasteiger partial charge in [-0.15, -0.1) is 0 Å². The van der Waals surface area contributed by atoms with Gasteiger partial charge in [-0.2, -0.15) is 0 Å². The Morgan fingerprint density at radius 3 is 2.56 bits per heavy atom. The molecule has 0 spiro atoms. The largest absolute Gasteiger partial charge is 0.493 e. The van der Waals surface area contributed by atoms with Gasteiger partial charge in [0.1, 0.15) is 17.6 Å². The van der Waals surface area contributed by atoms with Gasteiger partial charge in [0.15, 0.2) is 0 Å². The number of halogens is 1. The van der Waals surface area contributed by atoms with Crippen molar-refractivity contribution in [3.05, 3.63) is 94.5 Å². The number of aryl methyl sites for hydroxylation is 1. The lowest BCUT2D eigenvalue weighted by Gasteiger charge is -2.15. The summed E-state index contributed by atoms with van der Waals surface area (Å²) in [6.07, 6.45) is 4.55. The van der Waals surface area contributed by atoms with Gasteiger partial charge in [0.25, 0.3) is 0 Å². The van der Waals surface area contributed by atoms with Crippen molar-refractivity contribution in [1.29, 1.82) is 0 Å². The third-order valence-electron chi connectivity index (χ3n) is 5.20. The van der Waals surface area contributed by atoms with E-state index in [0.717, 1.165) is 32.8 Å². The van der Waals surface area contributed by atoms with E-state index in [4.69, 9.17) is 9.15 Å². The van der Waals surface area contributed by atoms with Crippen LogP contribution in [0.1, 0.15) is 23.1 Å². The van der Waals surface area contributed by atoms with E-state index in [2.05, 4.69) is 20.9 Å². The number of carboxylic acids is 1. The Labute approximate surface area is 194 Å². The number of rotatable bonds is 9. The van der Waals surface area contributed by atoms with Crippen molar-refractivity contribution in [2.75, 3.05) is 6.61 Å². The zero-order valence-corrected chi connectivity index (χ0v) is 19.2. The second-order valence-corrected chi connectivity index (χ2v) is 8.38. The number of oxazole rings is 1. The van der Waals surface area contributed by atoms with Gasteiger partial charge in [0, 0.05) is 35.3 Å². The van der Waals surface area contributed by atoms with Crippen LogP contribution in [-0.4, -0.2) is 27.2 Å². The molecule has 1 N–H and O–H groups in total. The normalized spacial score (nSPS) is 11.9. The highest BCUT2D eigenvalue weighted by molar-refractivity contribution is 9.10. The van der Waals surface area contributed by atoms with Gasteiger partial charge in [-0.3, -0.25) is 0 Å². The molecule has 0 bridgehead atoms. The van der Waals surface area contributed by atoms with E-state index in [1.54, 1.807) is 17.0 Å². The first-order valence-electron chi connectivity index (χ1n) is 10.3. The molecule has 32 heavy (non-hydrogen) atoms. The van der Waals surface area contributed by atoms with Crippen molar-refractivity contribution >= 4 is 21.9 Å². The fraction of sp³-hybridized carbons (Fsp3) is 0.200. The van der Waals surface area contributed by atoms with Gasteiger partial charge in [-0.1, -0.05) is 30.3 Å². The molecule has 2 aromatic heterocycles. The average molecular weight is 495 g/mol. The van der Waals surface area contributed by atoms with E-state index < -0.39 is 12.0 Å². The molecule has 1 atom stereocenters.